The number of oxazole rings is 1. The van der Waals surface area contributed by atoms with Crippen LogP contribution in [0.15, 0.2) is 10.8 Å². The van der Waals surface area contributed by atoms with Crippen molar-refractivity contribution in [2.75, 3.05) is 6.61 Å². The summed E-state index contributed by atoms with van der Waals surface area (Å²) in [5.74, 6) is 0.163. The van der Waals surface area contributed by atoms with Crippen molar-refractivity contribution in [2.24, 2.45) is 0 Å². The van der Waals surface area contributed by atoms with Gasteiger partial charge in [-0.05, 0) is 6.92 Å². The molecule has 0 amide bonds. The van der Waals surface area contributed by atoms with Gasteiger partial charge < -0.3 is 9.15 Å². The van der Waals surface area contributed by atoms with E-state index in [0.29, 0.717) is 24.5 Å². The van der Waals surface area contributed by atoms with E-state index in [9.17, 15) is 4.79 Å². The summed E-state index contributed by atoms with van der Waals surface area (Å²) >= 11 is 0. The molecule has 1 rings (SSSR count). The minimum absolute atomic E-state index is 0.291. The van der Waals surface area contributed by atoms with Crippen molar-refractivity contribution in [1.29, 1.82) is 0 Å². The van der Waals surface area contributed by atoms with Gasteiger partial charge in [-0.2, -0.15) is 0 Å². The monoisotopic (exact) mass is 169 g/mol. The molecule has 12 heavy (non-hydrogen) atoms. The van der Waals surface area contributed by atoms with E-state index in [1.54, 1.807) is 6.92 Å². The van der Waals surface area contributed by atoms with Crippen molar-refractivity contribution in [3.05, 3.63) is 17.8 Å². The largest absolute Gasteiger partial charge is 0.461 e. The molecule has 0 aliphatic carbocycles. The van der Waals surface area contributed by atoms with Gasteiger partial charge in [0, 0.05) is 6.42 Å². The third kappa shape index (κ3) is 1.64. The summed E-state index contributed by atoms with van der Waals surface area (Å²) in [6, 6.07) is 0. The van der Waals surface area contributed by atoms with Crippen molar-refractivity contribution in [3.63, 3.8) is 0 Å². The van der Waals surface area contributed by atoms with Crippen molar-refractivity contribution in [3.8, 4) is 0 Å². The van der Waals surface area contributed by atoms with Gasteiger partial charge >= 0.3 is 5.97 Å². The van der Waals surface area contributed by atoms with E-state index in [-0.39, 0.29) is 0 Å². The number of esters is 1. The number of hydrogen-bond donors (Lipinski definition) is 0. The van der Waals surface area contributed by atoms with Gasteiger partial charge in [-0.3, -0.25) is 0 Å². The molecule has 0 fully saturated rings. The summed E-state index contributed by atoms with van der Waals surface area (Å²) in [6.07, 6.45) is 1.90. The molecule has 0 radical (unpaired) electrons. The maximum Gasteiger partial charge on any atom is 0.360 e. The van der Waals surface area contributed by atoms with Gasteiger partial charge in [0.15, 0.2) is 12.1 Å². The smallest absolute Gasteiger partial charge is 0.360 e. The summed E-state index contributed by atoms with van der Waals surface area (Å²) in [4.78, 5) is 14.9. The van der Waals surface area contributed by atoms with Crippen LogP contribution in [0, 0.1) is 0 Å². The Morgan fingerprint density at radius 2 is 2.42 bits per heavy atom. The zero-order valence-corrected chi connectivity index (χ0v) is 7.16. The maximum absolute atomic E-state index is 11.1. The zero-order valence-electron chi connectivity index (χ0n) is 7.16. The van der Waals surface area contributed by atoms with Crippen LogP contribution in [0.4, 0.5) is 0 Å². The highest BCUT2D eigenvalue weighted by Crippen LogP contribution is 2.08. The Morgan fingerprint density at radius 3 is 3.00 bits per heavy atom. The lowest BCUT2D eigenvalue weighted by Crippen LogP contribution is -2.07. The van der Waals surface area contributed by atoms with Crippen molar-refractivity contribution < 1.29 is 13.9 Å². The topological polar surface area (TPSA) is 52.3 Å². The van der Waals surface area contributed by atoms with Crippen LogP contribution in [-0.4, -0.2) is 17.6 Å². The number of hydrogen-bond acceptors (Lipinski definition) is 4. The first kappa shape index (κ1) is 8.77. The first-order valence-corrected chi connectivity index (χ1v) is 3.89. The van der Waals surface area contributed by atoms with Gasteiger partial charge in [-0.25, -0.2) is 9.78 Å². The molecule has 0 saturated carbocycles. The van der Waals surface area contributed by atoms with Crippen LogP contribution in [-0.2, 0) is 11.2 Å². The molecule has 1 heterocycles. The molecule has 1 aromatic heterocycles. The Labute approximate surface area is 70.5 Å². The third-order valence-electron chi connectivity index (χ3n) is 1.43. The van der Waals surface area contributed by atoms with Crippen LogP contribution in [0.1, 0.15) is 30.1 Å². The van der Waals surface area contributed by atoms with E-state index in [0.717, 1.165) is 0 Å². The summed E-state index contributed by atoms with van der Waals surface area (Å²) in [6.45, 7) is 4.00. The number of carbonyl (C=O) groups is 1. The fourth-order valence-electron chi connectivity index (χ4n) is 0.887. The quantitative estimate of drug-likeness (QED) is 0.642. The van der Waals surface area contributed by atoms with Gasteiger partial charge in [0.25, 0.3) is 0 Å². The molecule has 1 aromatic rings. The van der Waals surface area contributed by atoms with E-state index in [2.05, 4.69) is 4.98 Å². The molecule has 0 N–H and O–H groups in total. The summed E-state index contributed by atoms with van der Waals surface area (Å²) < 4.78 is 9.74. The first-order valence-electron chi connectivity index (χ1n) is 3.89. The standard InChI is InChI=1S/C8H11NO3/c1-3-6-7(9-5-12-6)8(10)11-4-2/h5H,3-4H2,1-2H3. The number of aryl methyl sites for hydroxylation is 1. The molecule has 0 unspecified atom stereocenters. The lowest BCUT2D eigenvalue weighted by atomic mass is 10.3. The molecule has 0 bridgehead atoms. The second-order valence-electron chi connectivity index (χ2n) is 2.20. The Bertz CT molecular complexity index is 267. The summed E-state index contributed by atoms with van der Waals surface area (Å²) in [5.41, 5.74) is 0.291. The molecule has 0 spiro atoms. The number of nitrogens with zero attached hydrogens (tertiary/aromatic N) is 1. The van der Waals surface area contributed by atoms with E-state index in [1.165, 1.54) is 6.39 Å². The number of aromatic nitrogens is 1. The molecule has 0 atom stereocenters. The molecular weight excluding hydrogens is 158 g/mol. The second-order valence-corrected chi connectivity index (χ2v) is 2.20. The first-order chi connectivity index (χ1) is 5.79. The Morgan fingerprint density at radius 1 is 1.67 bits per heavy atom. The van der Waals surface area contributed by atoms with Crippen LogP contribution in [0.2, 0.25) is 0 Å². The van der Waals surface area contributed by atoms with Crippen LogP contribution in [0.3, 0.4) is 0 Å². The number of rotatable bonds is 3. The van der Waals surface area contributed by atoms with E-state index in [1.807, 2.05) is 6.92 Å². The Hall–Kier alpha value is -1.32. The molecule has 0 aliphatic heterocycles. The predicted octanol–water partition coefficient (Wildman–Crippen LogP) is 1.41. The molecule has 0 aliphatic rings. The highest BCUT2D eigenvalue weighted by Gasteiger charge is 2.15. The highest BCUT2D eigenvalue weighted by molar-refractivity contribution is 5.88. The molecule has 0 aromatic carbocycles. The molecular formula is C8H11NO3. The SMILES string of the molecule is CCOC(=O)c1ncoc1CC. The van der Waals surface area contributed by atoms with Crippen LogP contribution in [0.25, 0.3) is 0 Å². The van der Waals surface area contributed by atoms with E-state index in [4.69, 9.17) is 9.15 Å². The Balaban J connectivity index is 2.79. The lowest BCUT2D eigenvalue weighted by Gasteiger charge is -1.97. The van der Waals surface area contributed by atoms with Gasteiger partial charge in [-0.1, -0.05) is 6.92 Å². The minimum atomic E-state index is -0.414. The molecule has 4 heteroatoms. The second kappa shape index (κ2) is 3.90. The fourth-order valence-corrected chi connectivity index (χ4v) is 0.887. The highest BCUT2D eigenvalue weighted by atomic mass is 16.5. The van der Waals surface area contributed by atoms with E-state index >= 15 is 0 Å². The van der Waals surface area contributed by atoms with Crippen molar-refractivity contribution >= 4 is 5.97 Å². The van der Waals surface area contributed by atoms with Crippen LogP contribution in [0.5, 0.6) is 0 Å². The average Bonchev–Trinajstić information content (AvgIpc) is 2.51. The summed E-state index contributed by atoms with van der Waals surface area (Å²) in [7, 11) is 0. The number of carbonyl (C=O) groups excluding carboxylic acids is 1. The average molecular weight is 169 g/mol. The molecule has 66 valence electrons. The molecule has 4 nitrogen and oxygen atoms in total. The van der Waals surface area contributed by atoms with E-state index < -0.39 is 5.97 Å². The van der Waals surface area contributed by atoms with Crippen molar-refractivity contribution in [1.82, 2.24) is 4.98 Å². The van der Waals surface area contributed by atoms with Crippen LogP contribution >= 0.6 is 0 Å². The van der Waals surface area contributed by atoms with Crippen LogP contribution < -0.4 is 0 Å². The normalized spacial score (nSPS) is 9.83. The van der Waals surface area contributed by atoms with Crippen molar-refractivity contribution in [2.45, 2.75) is 20.3 Å². The fraction of sp³-hybridized carbons (Fsp3) is 0.500. The molecule has 0 saturated heterocycles. The maximum atomic E-state index is 11.1. The third-order valence-corrected chi connectivity index (χ3v) is 1.43. The van der Waals surface area contributed by atoms with Gasteiger partial charge in [0.05, 0.1) is 6.61 Å². The van der Waals surface area contributed by atoms with Gasteiger partial charge in [-0.15, -0.1) is 0 Å². The Kier molecular flexibility index (Phi) is 2.85. The van der Waals surface area contributed by atoms with Gasteiger partial charge in [0.2, 0.25) is 0 Å². The summed E-state index contributed by atoms with van der Waals surface area (Å²) in [5, 5.41) is 0. The lowest BCUT2D eigenvalue weighted by molar-refractivity contribution is 0.0518. The van der Waals surface area contributed by atoms with Gasteiger partial charge in [0.1, 0.15) is 5.76 Å². The number of ether oxygens (including phenoxy) is 1. The predicted molar refractivity (Wildman–Crippen MR) is 41.8 cm³/mol. The minimum Gasteiger partial charge on any atom is -0.461 e. The zero-order chi connectivity index (χ0) is 8.97.